The number of benzene rings is 3. The maximum absolute atomic E-state index is 13.2. The average molecular weight is 1550 g/mol. The number of phenolic OH excluding ortho intramolecular Hbond substituents is 1. The van der Waals surface area contributed by atoms with E-state index >= 15 is 0 Å². The number of anilines is 1. The predicted octanol–water partition coefficient (Wildman–Crippen LogP) is 6.55. The smallest absolute Gasteiger partial charge is 0.870 e. The van der Waals surface area contributed by atoms with E-state index < -0.39 is 58.0 Å². The number of ketones is 1. The molecule has 1 aliphatic rings. The molecule has 0 saturated carbocycles. The molecule has 1 fully saturated rings. The van der Waals surface area contributed by atoms with E-state index in [-0.39, 0.29) is 87.4 Å². The third-order valence-electron chi connectivity index (χ3n) is 15.7. The molecule has 111 heavy (non-hydrogen) atoms. The maximum atomic E-state index is 13.2. The molecule has 0 radical (unpaired) electrons. The van der Waals surface area contributed by atoms with Crippen LogP contribution >= 0.6 is 0 Å². The van der Waals surface area contributed by atoms with Crippen molar-refractivity contribution in [3.8, 4) is 28.3 Å². The van der Waals surface area contributed by atoms with Gasteiger partial charge in [0.2, 0.25) is 0 Å². The minimum absolute atomic E-state index is 0. The number of carbonyl (C=O) groups is 6. The number of nitrogens with zero attached hydrogens (tertiary/aromatic N) is 11. The van der Waals surface area contributed by atoms with Gasteiger partial charge in [-0.25, -0.2) is 50.5 Å². The summed E-state index contributed by atoms with van der Waals surface area (Å²) in [6, 6.07) is 49.8. The average Bonchev–Trinajstić information content (AvgIpc) is 1.77. The van der Waals surface area contributed by atoms with Gasteiger partial charge in [-0.05, 0) is 141 Å². The summed E-state index contributed by atoms with van der Waals surface area (Å²) in [6.07, 6.45) is 8.95. The van der Waals surface area contributed by atoms with Crippen molar-refractivity contribution in [2.45, 2.75) is 33.1 Å². The van der Waals surface area contributed by atoms with E-state index in [1.165, 1.54) is 29.6 Å². The third-order valence-corrected chi connectivity index (χ3v) is 15.7. The number of phenols is 1. The van der Waals surface area contributed by atoms with Crippen molar-refractivity contribution in [1.82, 2.24) is 53.4 Å². The van der Waals surface area contributed by atoms with Gasteiger partial charge in [-0.1, -0.05) is 30.3 Å². The zero-order valence-corrected chi connectivity index (χ0v) is 61.7. The van der Waals surface area contributed by atoms with E-state index in [1.54, 1.807) is 92.2 Å². The number of aromatic hydroxyl groups is 1. The Balaban J connectivity index is 0.000000168. The number of carboxylic acid groups (broad SMARTS) is 3. The van der Waals surface area contributed by atoms with Crippen LogP contribution < -0.4 is 51.0 Å². The van der Waals surface area contributed by atoms with Crippen LogP contribution in [0.4, 0.5) is 14.5 Å². The topological polar surface area (TPSA) is 459 Å². The van der Waals surface area contributed by atoms with Crippen LogP contribution in [-0.2, 0) is 48.8 Å². The molecule has 32 nitrogen and oxygen atoms in total. The number of aliphatic carboxylic acids is 2. The molecular formula is C75H65F2N12NaO20S. The van der Waals surface area contributed by atoms with Crippen LogP contribution in [0, 0.1) is 11.6 Å². The Hall–Kier alpha value is -13.0. The van der Waals surface area contributed by atoms with Crippen molar-refractivity contribution in [2.75, 3.05) is 37.7 Å². The van der Waals surface area contributed by atoms with Crippen LogP contribution in [0.5, 0.6) is 5.75 Å². The van der Waals surface area contributed by atoms with E-state index in [0.29, 0.717) is 74.4 Å². The van der Waals surface area contributed by atoms with Crippen LogP contribution in [0.3, 0.4) is 0 Å². The number of hydrogen-bond acceptors (Lipinski definition) is 22. The molecule has 1 saturated heterocycles. The fourth-order valence-corrected chi connectivity index (χ4v) is 11.0. The van der Waals surface area contributed by atoms with Gasteiger partial charge in [0.25, 0.3) is 0 Å². The van der Waals surface area contributed by atoms with Crippen molar-refractivity contribution >= 4 is 102 Å². The van der Waals surface area contributed by atoms with Crippen LogP contribution in [0.1, 0.15) is 62.0 Å². The Kier molecular flexibility index (Phi) is 28.8. The molecule has 0 spiro atoms. The molecule has 36 heteroatoms. The summed E-state index contributed by atoms with van der Waals surface area (Å²) in [6.45, 7) is 7.35. The second-order valence-corrected chi connectivity index (χ2v) is 24.4. The molecule has 566 valence electrons. The van der Waals surface area contributed by atoms with E-state index in [4.69, 9.17) is 51.5 Å². The summed E-state index contributed by atoms with van der Waals surface area (Å²) in [4.78, 5) is 92.2. The Bertz CT molecular complexity index is 6030. The molecule has 0 aliphatic carbocycles. The molecule has 0 atom stereocenters. The monoisotopic (exact) mass is 1550 g/mol. The normalized spacial score (nSPS) is 11.5. The number of carboxylic acids is 3. The summed E-state index contributed by atoms with van der Waals surface area (Å²) < 4.78 is 80.8. The largest absolute Gasteiger partial charge is 1.00 e. The number of fused-ring (bicyclic) bond motifs is 7. The second-order valence-electron chi connectivity index (χ2n) is 23.5. The van der Waals surface area contributed by atoms with Crippen LogP contribution in [0.2, 0.25) is 0 Å². The zero-order valence-electron chi connectivity index (χ0n) is 58.9. The number of rotatable bonds is 13. The van der Waals surface area contributed by atoms with Crippen molar-refractivity contribution in [1.29, 1.82) is 0 Å². The van der Waals surface area contributed by atoms with Gasteiger partial charge in [-0.3, -0.25) is 28.3 Å². The summed E-state index contributed by atoms with van der Waals surface area (Å²) in [5.74, 6) is -4.92. The van der Waals surface area contributed by atoms with Gasteiger partial charge in [0, 0.05) is 91.8 Å². The number of piperazine rings is 1. The standard InChI is InChI=1S/C20H18N4O2.C16H9FN2O2.C13H14N2O3.C10H8N2O4.C9H8N2O2.C7H5FO2.Na.H2O4S.H2O/c25-20-17(18-12-16-3-1-2-8-24(16)22-18)11-14-4-5-15(13-19(14)26-20)23-9-6-21-7-10-23;17-11-5-4-10-7-13(16(20)21-15(10)8-11)14-9-12-3-1-2-6-19(12)18-14;1-3-18-13(17)12-10(8-9(2)16)14-15-7-5-4-6-11(12)15;13-8(14)5-6-9(10(15)16)7-3-1-2-4-12(7)11-6;12-9(13)6-7-5-8-3-1-2-4-11(8)10-7;8-6-2-1-5(4-9)7(10)3-6;;1-5(2,3)4;/h1-5,8,11-13,21H,6-7,9-10H2;1-9H;4-7H,3,8H2,1-2H3;1-4H,5H2,(H,13,14)(H,15,16);1-5H,6H2,(H,12,13);1-4,10H;;(H2,1,2,3,4);1H2/q;;;;;;+1;;/p-1. The summed E-state index contributed by atoms with van der Waals surface area (Å²) in [5.41, 5.74) is 8.35. The number of hydrogen-bond donors (Lipinski definition) is 7. The summed E-state index contributed by atoms with van der Waals surface area (Å²) in [5, 5.41) is 61.0. The molecule has 1 aliphatic heterocycles. The minimum Gasteiger partial charge on any atom is -0.870 e. The fraction of sp³-hybridized carbons (Fsp3) is 0.133. The Labute approximate surface area is 647 Å². The number of halogens is 2. The maximum Gasteiger partial charge on any atom is 1.00 e. The van der Waals surface area contributed by atoms with Crippen molar-refractivity contribution in [2.24, 2.45) is 0 Å². The van der Waals surface area contributed by atoms with Gasteiger partial charge in [0.15, 0.2) is 6.29 Å². The van der Waals surface area contributed by atoms with Gasteiger partial charge >= 0.3 is 75.1 Å². The Morgan fingerprint density at radius 1 is 0.559 bits per heavy atom. The first-order valence-corrected chi connectivity index (χ1v) is 34.1. The molecule has 0 bridgehead atoms. The SMILES string of the molecule is CCOC(=O)c1c(CC(C)=O)nn2ccccc12.O=C(O)Cc1cc2ccccn2n1.O=C(O)Cc1nn2ccccc2c1C(=O)O.O=Cc1ccc(F)cc1O.O=S(=O)(O)O.O=c1oc2cc(F)ccc2cc1-c1cc2ccccn2n1.O=c1oc2cc(N3CCNCC3)ccc2cc1-c1cc2ccccn2n1.[Na+].[OH-]. The number of carbonyl (C=O) groups excluding carboxylic acids is 3. The summed E-state index contributed by atoms with van der Waals surface area (Å²) in [7, 11) is -4.67. The fourth-order valence-electron chi connectivity index (χ4n) is 11.0. The minimum atomic E-state index is -4.67. The van der Waals surface area contributed by atoms with E-state index in [1.807, 2.05) is 103 Å². The van der Waals surface area contributed by atoms with Crippen LogP contribution in [0.25, 0.3) is 72.0 Å². The Morgan fingerprint density at radius 3 is 1.48 bits per heavy atom. The molecule has 8 N–H and O–H groups in total. The first kappa shape index (κ1) is 83.6. The molecule has 0 unspecified atom stereocenters. The van der Waals surface area contributed by atoms with Crippen LogP contribution in [0.15, 0.2) is 225 Å². The molecule has 13 heterocycles. The van der Waals surface area contributed by atoms with Gasteiger partial charge in [-0.15, -0.1) is 0 Å². The Morgan fingerprint density at radius 2 is 1.01 bits per heavy atom. The molecule has 3 aromatic carbocycles. The number of Topliss-reactive ketones (excluding diaryl/α,β-unsaturated/α-hetero) is 1. The van der Waals surface area contributed by atoms with E-state index in [9.17, 15) is 47.1 Å². The number of nitrogens with one attached hydrogen (secondary N) is 1. The van der Waals surface area contributed by atoms with Gasteiger partial charge in [0.1, 0.15) is 56.8 Å². The molecular weight excluding hydrogens is 1480 g/mol. The first-order chi connectivity index (χ1) is 52.2. The third kappa shape index (κ3) is 22.3. The van der Waals surface area contributed by atoms with Crippen molar-refractivity contribution in [3.63, 3.8) is 0 Å². The second kappa shape index (κ2) is 38.2. The molecule has 0 amide bonds. The molecule has 12 aromatic heterocycles. The first-order valence-electron chi connectivity index (χ1n) is 32.7. The van der Waals surface area contributed by atoms with E-state index in [0.717, 1.165) is 65.9 Å². The van der Waals surface area contributed by atoms with Crippen molar-refractivity contribution in [3.05, 3.63) is 273 Å². The zero-order chi connectivity index (χ0) is 78.1. The quantitative estimate of drug-likeness (QED) is 0.0211. The molecule has 15 aromatic rings. The van der Waals surface area contributed by atoms with Gasteiger partial charge < -0.3 is 49.7 Å². The van der Waals surface area contributed by atoms with Gasteiger partial charge in [0.05, 0.1) is 87.2 Å². The number of pyridine rings is 5. The number of aldehydes is 1. The van der Waals surface area contributed by atoms with Crippen LogP contribution in [-0.4, -0.2) is 160 Å². The number of esters is 1. The number of aromatic carboxylic acids is 1. The van der Waals surface area contributed by atoms with E-state index in [2.05, 4.69) is 41.8 Å². The number of ether oxygens (including phenoxy) is 1. The van der Waals surface area contributed by atoms with Gasteiger partial charge in [-0.2, -0.15) is 33.9 Å². The van der Waals surface area contributed by atoms with Crippen molar-refractivity contribution < 1.29 is 124 Å². The predicted molar refractivity (Wildman–Crippen MR) is 394 cm³/mol. The molecule has 16 rings (SSSR count). The number of aromatic nitrogens is 10. The summed E-state index contributed by atoms with van der Waals surface area (Å²) >= 11 is 0.